The van der Waals surface area contributed by atoms with Crippen molar-refractivity contribution in [2.24, 2.45) is 0 Å². The molecule has 0 spiro atoms. The number of aromatic hydroxyl groups is 1. The maximum Gasteiger partial charge on any atom is 0.407 e. The lowest BCUT2D eigenvalue weighted by atomic mass is 9.99. The summed E-state index contributed by atoms with van der Waals surface area (Å²) in [5, 5.41) is 20.1. The molecule has 0 bridgehead atoms. The van der Waals surface area contributed by atoms with Crippen LogP contribution in [0.25, 0.3) is 0 Å². The van der Waals surface area contributed by atoms with Crippen molar-refractivity contribution in [2.45, 2.75) is 51.2 Å². The van der Waals surface area contributed by atoms with Crippen LogP contribution in [0.1, 0.15) is 61.0 Å². The topological polar surface area (TPSA) is 116 Å². The molecular formula is C22H25FN4O5. The normalized spacial score (nSPS) is 19.8. The zero-order valence-corrected chi connectivity index (χ0v) is 18.1. The first-order valence-corrected chi connectivity index (χ1v) is 10.4. The van der Waals surface area contributed by atoms with E-state index in [2.05, 4.69) is 4.98 Å². The third-order valence-corrected chi connectivity index (χ3v) is 6.07. The average Bonchev–Trinajstić information content (AvgIpc) is 3.03. The van der Waals surface area contributed by atoms with Crippen LogP contribution in [0, 0.1) is 5.82 Å². The molecule has 3 heterocycles. The molecule has 1 aromatic heterocycles. The molecule has 2 aliphatic heterocycles. The fourth-order valence-corrected chi connectivity index (χ4v) is 4.55. The van der Waals surface area contributed by atoms with Crippen molar-refractivity contribution >= 4 is 12.0 Å². The first kappa shape index (κ1) is 21.8. The van der Waals surface area contributed by atoms with Crippen molar-refractivity contribution in [2.75, 3.05) is 13.1 Å². The van der Waals surface area contributed by atoms with E-state index in [0.717, 1.165) is 0 Å². The Balaban J connectivity index is 1.70. The summed E-state index contributed by atoms with van der Waals surface area (Å²) in [5.74, 6) is -1.70. The Bertz CT molecular complexity index is 1140. The summed E-state index contributed by atoms with van der Waals surface area (Å²) < 4.78 is 14.8. The van der Waals surface area contributed by atoms with Gasteiger partial charge in [0.25, 0.3) is 5.91 Å². The lowest BCUT2D eigenvalue weighted by Crippen LogP contribution is -2.47. The number of hydrogen-bond acceptors (Lipinski definition) is 5. The van der Waals surface area contributed by atoms with E-state index in [9.17, 15) is 29.0 Å². The van der Waals surface area contributed by atoms with Gasteiger partial charge < -0.3 is 24.6 Å². The molecule has 0 saturated heterocycles. The molecule has 2 atom stereocenters. The number of carbonyl (C=O) groups is 2. The summed E-state index contributed by atoms with van der Waals surface area (Å²) in [4.78, 5) is 44.2. The van der Waals surface area contributed by atoms with Crippen molar-refractivity contribution < 1.29 is 24.2 Å². The Morgan fingerprint density at radius 1 is 1.25 bits per heavy atom. The Hall–Kier alpha value is -3.43. The minimum atomic E-state index is -1.09. The standard InChI is InChI=1S/C22H25FN4O5/c1-22(2,3)26(21(31)32)10-13-8-15-11-25(9-12-4-6-14(23)7-5-12)20(30)16-17(28)19(29)24-18(13)27(15)16/h4-7,13,15,28H,8-11H2,1-3H3,(H,31,32). The number of halogens is 1. The van der Waals surface area contributed by atoms with Gasteiger partial charge in [0.15, 0.2) is 5.69 Å². The molecule has 2 aromatic rings. The van der Waals surface area contributed by atoms with E-state index >= 15 is 0 Å². The Morgan fingerprint density at radius 3 is 2.50 bits per heavy atom. The van der Waals surface area contributed by atoms with Gasteiger partial charge in [0.1, 0.15) is 11.6 Å². The van der Waals surface area contributed by atoms with Crippen molar-refractivity contribution in [1.29, 1.82) is 0 Å². The smallest absolute Gasteiger partial charge is 0.407 e. The summed E-state index contributed by atoms with van der Waals surface area (Å²) in [7, 11) is 0. The van der Waals surface area contributed by atoms with Crippen LogP contribution in [0.3, 0.4) is 0 Å². The SMILES string of the molecule is CC(C)(C)N(CC1CC2CN(Cc3ccc(F)cc3)C(=O)c3c(O)c(=O)nc1n32)C(=O)O. The van der Waals surface area contributed by atoms with Crippen LogP contribution in [0.15, 0.2) is 29.1 Å². The van der Waals surface area contributed by atoms with Crippen molar-refractivity contribution in [3.05, 3.63) is 57.5 Å². The van der Waals surface area contributed by atoms with Gasteiger partial charge in [-0.25, -0.2) is 9.18 Å². The average molecular weight is 444 g/mol. The number of rotatable bonds is 4. The number of benzene rings is 1. The van der Waals surface area contributed by atoms with Gasteiger partial charge in [-0.1, -0.05) is 12.1 Å². The summed E-state index contributed by atoms with van der Waals surface area (Å²) in [6.07, 6.45) is -0.617. The van der Waals surface area contributed by atoms with Gasteiger partial charge in [-0.15, -0.1) is 0 Å². The van der Waals surface area contributed by atoms with Crippen molar-refractivity contribution in [1.82, 2.24) is 19.4 Å². The van der Waals surface area contributed by atoms with E-state index in [1.807, 2.05) is 0 Å². The second-order valence-corrected chi connectivity index (χ2v) is 9.30. The van der Waals surface area contributed by atoms with E-state index < -0.39 is 34.8 Å². The zero-order chi connectivity index (χ0) is 23.4. The number of hydrogen-bond donors (Lipinski definition) is 2. The third kappa shape index (κ3) is 3.69. The molecule has 0 saturated carbocycles. The molecule has 1 aromatic carbocycles. The molecule has 170 valence electrons. The highest BCUT2D eigenvalue weighted by Gasteiger charge is 2.44. The van der Waals surface area contributed by atoms with E-state index in [4.69, 9.17) is 0 Å². The van der Waals surface area contributed by atoms with Gasteiger partial charge in [0, 0.05) is 31.1 Å². The van der Waals surface area contributed by atoms with Crippen LogP contribution in [0.5, 0.6) is 5.75 Å². The fraction of sp³-hybridized carbons (Fsp3) is 0.455. The molecule has 9 nitrogen and oxygen atoms in total. The molecule has 0 aliphatic carbocycles. The van der Waals surface area contributed by atoms with Crippen LogP contribution < -0.4 is 5.56 Å². The van der Waals surface area contributed by atoms with Crippen LogP contribution in [-0.2, 0) is 6.54 Å². The van der Waals surface area contributed by atoms with E-state index in [1.54, 1.807) is 37.5 Å². The number of carbonyl (C=O) groups excluding carboxylic acids is 1. The molecular weight excluding hydrogens is 419 g/mol. The number of carboxylic acid groups (broad SMARTS) is 1. The van der Waals surface area contributed by atoms with Crippen LogP contribution in [0.2, 0.25) is 0 Å². The molecule has 4 rings (SSSR count). The Morgan fingerprint density at radius 2 is 1.91 bits per heavy atom. The maximum atomic E-state index is 13.2. The van der Waals surface area contributed by atoms with Gasteiger partial charge in [-0.05, 0) is 44.9 Å². The second kappa shape index (κ2) is 7.61. The molecule has 2 unspecified atom stereocenters. The second-order valence-electron chi connectivity index (χ2n) is 9.30. The van der Waals surface area contributed by atoms with Gasteiger partial charge in [0.2, 0.25) is 5.75 Å². The Kier molecular flexibility index (Phi) is 5.18. The molecule has 0 radical (unpaired) electrons. The minimum absolute atomic E-state index is 0.109. The van der Waals surface area contributed by atoms with Gasteiger partial charge >= 0.3 is 11.7 Å². The summed E-state index contributed by atoms with van der Waals surface area (Å²) in [6, 6.07) is 5.50. The van der Waals surface area contributed by atoms with Crippen LogP contribution in [-0.4, -0.2) is 60.2 Å². The van der Waals surface area contributed by atoms with Gasteiger partial charge in [-0.3, -0.25) is 9.59 Å². The lowest BCUT2D eigenvalue weighted by Gasteiger charge is -2.34. The van der Waals surface area contributed by atoms with Crippen molar-refractivity contribution in [3.63, 3.8) is 0 Å². The summed E-state index contributed by atoms with van der Waals surface area (Å²) in [5.41, 5.74) is -0.993. The van der Waals surface area contributed by atoms with Gasteiger partial charge in [0.05, 0.1) is 6.04 Å². The first-order valence-electron chi connectivity index (χ1n) is 10.4. The minimum Gasteiger partial charge on any atom is -0.501 e. The largest absolute Gasteiger partial charge is 0.501 e. The van der Waals surface area contributed by atoms with Crippen LogP contribution >= 0.6 is 0 Å². The summed E-state index contributed by atoms with van der Waals surface area (Å²) in [6.45, 7) is 5.94. The van der Waals surface area contributed by atoms with Crippen molar-refractivity contribution in [3.8, 4) is 5.75 Å². The maximum absolute atomic E-state index is 13.2. The number of amides is 2. The highest BCUT2D eigenvalue weighted by Crippen LogP contribution is 2.41. The highest BCUT2D eigenvalue weighted by molar-refractivity contribution is 5.96. The summed E-state index contributed by atoms with van der Waals surface area (Å²) >= 11 is 0. The van der Waals surface area contributed by atoms with Gasteiger partial charge in [-0.2, -0.15) is 4.98 Å². The monoisotopic (exact) mass is 444 g/mol. The van der Waals surface area contributed by atoms with E-state index in [-0.39, 0.29) is 30.6 Å². The van der Waals surface area contributed by atoms with E-state index in [1.165, 1.54) is 21.9 Å². The molecule has 0 fully saturated rings. The zero-order valence-electron chi connectivity index (χ0n) is 18.1. The fourth-order valence-electron chi connectivity index (χ4n) is 4.55. The predicted octanol–water partition coefficient (Wildman–Crippen LogP) is 2.55. The van der Waals surface area contributed by atoms with Crippen LogP contribution in [0.4, 0.5) is 9.18 Å². The first-order chi connectivity index (χ1) is 15.0. The lowest BCUT2D eigenvalue weighted by molar-refractivity contribution is 0.0648. The molecule has 2 aliphatic rings. The highest BCUT2D eigenvalue weighted by atomic mass is 19.1. The number of nitrogens with zero attached hydrogens (tertiary/aromatic N) is 4. The predicted molar refractivity (Wildman–Crippen MR) is 112 cm³/mol. The quantitative estimate of drug-likeness (QED) is 0.749. The molecule has 32 heavy (non-hydrogen) atoms. The third-order valence-electron chi connectivity index (χ3n) is 6.07. The molecule has 2 N–H and O–H groups in total. The Labute approximate surface area is 183 Å². The number of aromatic nitrogens is 2. The molecule has 10 heteroatoms. The molecule has 2 amide bonds. The van der Waals surface area contributed by atoms with E-state index in [0.29, 0.717) is 24.4 Å².